The standard InChI is InChI=1S/C11H13BrN4O3/c1-19-9-3-2-7(12)6-8(9)10(11(17)18)14-4-5-15-16-13/h2-3,6,10,14H,4-5H2,1H3,(H,17,18). The maximum atomic E-state index is 11.3. The van der Waals surface area contributed by atoms with E-state index < -0.39 is 12.0 Å². The van der Waals surface area contributed by atoms with Gasteiger partial charge in [-0.2, -0.15) is 0 Å². The summed E-state index contributed by atoms with van der Waals surface area (Å²) in [4.78, 5) is 13.9. The van der Waals surface area contributed by atoms with Crippen molar-refractivity contribution < 1.29 is 14.6 Å². The summed E-state index contributed by atoms with van der Waals surface area (Å²) >= 11 is 3.29. The molecule has 0 heterocycles. The maximum Gasteiger partial charge on any atom is 0.325 e. The Hall–Kier alpha value is -1.76. The normalized spacial score (nSPS) is 11.5. The van der Waals surface area contributed by atoms with Crippen LogP contribution >= 0.6 is 15.9 Å². The van der Waals surface area contributed by atoms with E-state index in [9.17, 15) is 9.90 Å². The fourth-order valence-corrected chi connectivity index (χ4v) is 1.94. The molecule has 8 heteroatoms. The molecule has 7 nitrogen and oxygen atoms in total. The fourth-order valence-electron chi connectivity index (χ4n) is 1.56. The van der Waals surface area contributed by atoms with Crippen LogP contribution in [0.15, 0.2) is 27.8 Å². The van der Waals surface area contributed by atoms with E-state index in [2.05, 4.69) is 31.3 Å². The van der Waals surface area contributed by atoms with Gasteiger partial charge in [0, 0.05) is 28.0 Å². The molecule has 1 aromatic carbocycles. The van der Waals surface area contributed by atoms with Crippen LogP contribution in [0.3, 0.4) is 0 Å². The molecule has 0 radical (unpaired) electrons. The largest absolute Gasteiger partial charge is 0.496 e. The number of carbonyl (C=O) groups is 1. The third kappa shape index (κ3) is 4.44. The maximum absolute atomic E-state index is 11.3. The number of methoxy groups -OCH3 is 1. The smallest absolute Gasteiger partial charge is 0.325 e. The van der Waals surface area contributed by atoms with Gasteiger partial charge in [-0.05, 0) is 23.7 Å². The summed E-state index contributed by atoms with van der Waals surface area (Å²) in [5.74, 6) is -0.552. The van der Waals surface area contributed by atoms with Crippen molar-refractivity contribution in [1.82, 2.24) is 5.32 Å². The Kier molecular flexibility index (Phi) is 6.14. The lowest BCUT2D eigenvalue weighted by Crippen LogP contribution is -2.30. The number of benzene rings is 1. The second-order valence-electron chi connectivity index (χ2n) is 3.57. The summed E-state index contributed by atoms with van der Waals surface area (Å²) in [6.07, 6.45) is 0. The van der Waals surface area contributed by atoms with E-state index in [1.54, 1.807) is 18.2 Å². The van der Waals surface area contributed by atoms with Crippen molar-refractivity contribution in [1.29, 1.82) is 0 Å². The highest BCUT2D eigenvalue weighted by molar-refractivity contribution is 9.10. The molecule has 0 aromatic heterocycles. The van der Waals surface area contributed by atoms with Crippen LogP contribution in [0.4, 0.5) is 0 Å². The highest BCUT2D eigenvalue weighted by Crippen LogP contribution is 2.28. The average Bonchev–Trinajstić information content (AvgIpc) is 2.38. The first kappa shape index (κ1) is 15.3. The van der Waals surface area contributed by atoms with Gasteiger partial charge in [-0.25, -0.2) is 0 Å². The summed E-state index contributed by atoms with van der Waals surface area (Å²) in [6, 6.07) is 4.20. The lowest BCUT2D eigenvalue weighted by molar-refractivity contribution is -0.139. The molecule has 102 valence electrons. The van der Waals surface area contributed by atoms with Gasteiger partial charge in [0.1, 0.15) is 11.8 Å². The SMILES string of the molecule is COc1ccc(Br)cc1C(NCCN=[N+]=[N-])C(=O)O. The number of nitrogens with zero attached hydrogens (tertiary/aromatic N) is 3. The van der Waals surface area contributed by atoms with Crippen molar-refractivity contribution >= 4 is 21.9 Å². The molecule has 0 aliphatic heterocycles. The third-order valence-corrected chi connectivity index (χ3v) is 2.87. The van der Waals surface area contributed by atoms with Gasteiger partial charge in [0.25, 0.3) is 0 Å². The number of hydrogen-bond donors (Lipinski definition) is 2. The van der Waals surface area contributed by atoms with Crippen LogP contribution in [0.5, 0.6) is 5.75 Å². The summed E-state index contributed by atoms with van der Waals surface area (Å²) < 4.78 is 5.91. The van der Waals surface area contributed by atoms with Gasteiger partial charge in [0.05, 0.1) is 7.11 Å². The van der Waals surface area contributed by atoms with Gasteiger partial charge in [0.15, 0.2) is 0 Å². The first-order chi connectivity index (χ1) is 9.10. The van der Waals surface area contributed by atoms with Crippen LogP contribution in [-0.2, 0) is 4.79 Å². The molecular weight excluding hydrogens is 316 g/mol. The molecule has 0 aliphatic rings. The van der Waals surface area contributed by atoms with E-state index >= 15 is 0 Å². The Labute approximate surface area is 118 Å². The Morgan fingerprint density at radius 1 is 1.68 bits per heavy atom. The van der Waals surface area contributed by atoms with Crippen LogP contribution in [0, 0.1) is 0 Å². The van der Waals surface area contributed by atoms with Gasteiger partial charge < -0.3 is 15.2 Å². The van der Waals surface area contributed by atoms with E-state index in [1.165, 1.54) is 7.11 Å². The molecule has 0 bridgehead atoms. The third-order valence-electron chi connectivity index (χ3n) is 2.37. The van der Waals surface area contributed by atoms with Crippen molar-refractivity contribution in [3.63, 3.8) is 0 Å². The molecule has 0 saturated heterocycles. The Balaban J connectivity index is 2.94. The minimum atomic E-state index is -1.03. The molecule has 1 aromatic rings. The van der Waals surface area contributed by atoms with Crippen molar-refractivity contribution in [2.24, 2.45) is 5.11 Å². The van der Waals surface area contributed by atoms with Crippen LogP contribution < -0.4 is 10.1 Å². The minimum Gasteiger partial charge on any atom is -0.496 e. The van der Waals surface area contributed by atoms with Gasteiger partial charge in [-0.1, -0.05) is 21.0 Å². The molecule has 0 saturated carbocycles. The van der Waals surface area contributed by atoms with Crippen molar-refractivity contribution in [2.45, 2.75) is 6.04 Å². The van der Waals surface area contributed by atoms with E-state index in [1.807, 2.05) is 0 Å². The Morgan fingerprint density at radius 2 is 2.42 bits per heavy atom. The zero-order valence-corrected chi connectivity index (χ0v) is 11.8. The summed E-state index contributed by atoms with van der Waals surface area (Å²) in [5, 5.41) is 15.4. The zero-order valence-electron chi connectivity index (χ0n) is 10.2. The summed E-state index contributed by atoms with van der Waals surface area (Å²) in [5.41, 5.74) is 8.67. The summed E-state index contributed by atoms with van der Waals surface area (Å²) in [6.45, 7) is 0.438. The first-order valence-corrected chi connectivity index (χ1v) is 6.20. The Morgan fingerprint density at radius 3 is 3.00 bits per heavy atom. The number of aliphatic carboxylic acids is 1. The first-order valence-electron chi connectivity index (χ1n) is 5.40. The second kappa shape index (κ2) is 7.63. The number of halogens is 1. The monoisotopic (exact) mass is 328 g/mol. The molecular formula is C11H13BrN4O3. The quantitative estimate of drug-likeness (QED) is 0.347. The van der Waals surface area contributed by atoms with E-state index in [-0.39, 0.29) is 13.1 Å². The number of hydrogen-bond acceptors (Lipinski definition) is 4. The highest BCUT2D eigenvalue weighted by atomic mass is 79.9. The number of carboxylic acid groups (broad SMARTS) is 1. The topological polar surface area (TPSA) is 107 Å². The van der Waals surface area contributed by atoms with Crippen LogP contribution in [0.25, 0.3) is 10.4 Å². The molecule has 1 unspecified atom stereocenters. The number of ether oxygens (including phenoxy) is 1. The van der Waals surface area contributed by atoms with E-state index in [0.717, 1.165) is 4.47 Å². The van der Waals surface area contributed by atoms with E-state index in [4.69, 9.17) is 10.3 Å². The van der Waals surface area contributed by atoms with E-state index in [0.29, 0.717) is 11.3 Å². The molecule has 0 amide bonds. The molecule has 0 aliphatic carbocycles. The van der Waals surface area contributed by atoms with Crippen molar-refractivity contribution in [2.75, 3.05) is 20.2 Å². The highest BCUT2D eigenvalue weighted by Gasteiger charge is 2.22. The second-order valence-corrected chi connectivity index (χ2v) is 4.48. The van der Waals surface area contributed by atoms with Crippen LogP contribution in [0.1, 0.15) is 11.6 Å². The Bertz CT molecular complexity index is 503. The van der Waals surface area contributed by atoms with Gasteiger partial charge in [0.2, 0.25) is 0 Å². The van der Waals surface area contributed by atoms with Crippen LogP contribution in [0.2, 0.25) is 0 Å². The predicted octanol–water partition coefficient (Wildman–Crippen LogP) is 2.48. The minimum absolute atomic E-state index is 0.177. The number of azide groups is 1. The molecule has 1 atom stereocenters. The molecule has 19 heavy (non-hydrogen) atoms. The number of carboxylic acids is 1. The lowest BCUT2D eigenvalue weighted by Gasteiger charge is -2.17. The summed E-state index contributed by atoms with van der Waals surface area (Å²) in [7, 11) is 1.48. The predicted molar refractivity (Wildman–Crippen MR) is 73.1 cm³/mol. The molecule has 0 spiro atoms. The van der Waals surface area contributed by atoms with Crippen LogP contribution in [-0.4, -0.2) is 31.3 Å². The number of rotatable bonds is 7. The zero-order chi connectivity index (χ0) is 14.3. The fraction of sp³-hybridized carbons (Fsp3) is 0.364. The lowest BCUT2D eigenvalue weighted by atomic mass is 10.1. The average molecular weight is 329 g/mol. The molecule has 1 rings (SSSR count). The van der Waals surface area contributed by atoms with Gasteiger partial charge >= 0.3 is 5.97 Å². The van der Waals surface area contributed by atoms with Gasteiger partial charge in [-0.15, -0.1) is 0 Å². The number of nitrogens with one attached hydrogen (secondary N) is 1. The van der Waals surface area contributed by atoms with Crippen molar-refractivity contribution in [3.8, 4) is 5.75 Å². The van der Waals surface area contributed by atoms with Gasteiger partial charge in [-0.3, -0.25) is 4.79 Å². The molecule has 2 N–H and O–H groups in total. The van der Waals surface area contributed by atoms with Crippen molar-refractivity contribution in [3.05, 3.63) is 38.7 Å². The molecule has 0 fully saturated rings.